The molecule has 1 atom stereocenters. The summed E-state index contributed by atoms with van der Waals surface area (Å²) in [5.74, 6) is 0.637. The van der Waals surface area contributed by atoms with E-state index in [2.05, 4.69) is 17.2 Å². The minimum Gasteiger partial charge on any atom is -0.396 e. The molecule has 0 amide bonds. The molecule has 0 aromatic carbocycles. The monoisotopic (exact) mass is 268 g/mol. The van der Waals surface area contributed by atoms with Gasteiger partial charge in [0.2, 0.25) is 0 Å². The van der Waals surface area contributed by atoms with Crippen LogP contribution in [0, 0.1) is 0 Å². The van der Waals surface area contributed by atoms with Crippen LogP contribution in [0.4, 0.5) is 0 Å². The summed E-state index contributed by atoms with van der Waals surface area (Å²) < 4.78 is 0. The standard InChI is InChI=1S/C14H24N2OS/c1-2-13-11-18-14(15-13)12-6-5-8-16(10-12)7-3-4-9-17/h11-12,17H,2-10H2,1H3. The highest BCUT2D eigenvalue weighted by atomic mass is 32.1. The summed E-state index contributed by atoms with van der Waals surface area (Å²) in [6.07, 6.45) is 5.65. The van der Waals surface area contributed by atoms with Gasteiger partial charge in [0.05, 0.1) is 10.7 Å². The summed E-state index contributed by atoms with van der Waals surface area (Å²) in [5.41, 5.74) is 1.24. The average Bonchev–Trinajstić information content (AvgIpc) is 2.88. The van der Waals surface area contributed by atoms with Crippen molar-refractivity contribution in [1.29, 1.82) is 0 Å². The highest BCUT2D eigenvalue weighted by molar-refractivity contribution is 7.09. The molecule has 0 bridgehead atoms. The van der Waals surface area contributed by atoms with Crippen LogP contribution in [0.15, 0.2) is 5.38 Å². The molecule has 1 unspecified atom stereocenters. The molecular formula is C14H24N2OS. The molecule has 18 heavy (non-hydrogen) atoms. The van der Waals surface area contributed by atoms with Crippen molar-refractivity contribution in [2.24, 2.45) is 0 Å². The molecular weight excluding hydrogens is 244 g/mol. The van der Waals surface area contributed by atoms with Crippen molar-refractivity contribution < 1.29 is 5.11 Å². The van der Waals surface area contributed by atoms with Gasteiger partial charge in [-0.25, -0.2) is 4.98 Å². The second-order valence-corrected chi connectivity index (χ2v) is 5.99. The minimum absolute atomic E-state index is 0.323. The third-order valence-electron chi connectivity index (χ3n) is 3.67. The van der Waals surface area contributed by atoms with E-state index in [1.807, 2.05) is 11.3 Å². The van der Waals surface area contributed by atoms with Crippen LogP contribution in [0.3, 0.4) is 0 Å². The number of piperidine rings is 1. The fraction of sp³-hybridized carbons (Fsp3) is 0.786. The molecule has 1 saturated heterocycles. The Bertz CT molecular complexity index is 353. The molecule has 1 fully saturated rings. The van der Waals surface area contributed by atoms with Gasteiger partial charge in [0, 0.05) is 24.4 Å². The molecule has 0 spiro atoms. The lowest BCUT2D eigenvalue weighted by Crippen LogP contribution is -2.35. The van der Waals surface area contributed by atoms with Crippen molar-refractivity contribution in [3.05, 3.63) is 16.1 Å². The number of nitrogens with zero attached hydrogens (tertiary/aromatic N) is 2. The van der Waals surface area contributed by atoms with Crippen LogP contribution in [-0.4, -0.2) is 41.2 Å². The zero-order valence-corrected chi connectivity index (χ0v) is 12.1. The van der Waals surface area contributed by atoms with Crippen LogP contribution in [0.25, 0.3) is 0 Å². The molecule has 1 aromatic heterocycles. The lowest BCUT2D eigenvalue weighted by Gasteiger charge is -2.31. The molecule has 2 heterocycles. The van der Waals surface area contributed by atoms with Gasteiger partial charge in [-0.2, -0.15) is 0 Å². The van der Waals surface area contributed by atoms with Crippen molar-refractivity contribution >= 4 is 11.3 Å². The Hall–Kier alpha value is -0.450. The predicted molar refractivity (Wildman–Crippen MR) is 76.2 cm³/mol. The number of thiazole rings is 1. The van der Waals surface area contributed by atoms with Crippen LogP contribution in [0.1, 0.15) is 49.2 Å². The molecule has 0 radical (unpaired) electrons. The first-order chi connectivity index (χ1) is 8.83. The van der Waals surface area contributed by atoms with Crippen molar-refractivity contribution in [3.8, 4) is 0 Å². The number of hydrogen-bond donors (Lipinski definition) is 1. The molecule has 1 aliphatic heterocycles. The number of aliphatic hydroxyl groups is 1. The van der Waals surface area contributed by atoms with Gasteiger partial charge in [0.25, 0.3) is 0 Å². The summed E-state index contributed by atoms with van der Waals surface area (Å²) in [6.45, 7) is 5.99. The van der Waals surface area contributed by atoms with Gasteiger partial charge in [0.15, 0.2) is 0 Å². The first-order valence-corrected chi connectivity index (χ1v) is 7.99. The van der Waals surface area contributed by atoms with Crippen molar-refractivity contribution in [3.63, 3.8) is 0 Å². The van der Waals surface area contributed by atoms with E-state index >= 15 is 0 Å². The van der Waals surface area contributed by atoms with E-state index in [-0.39, 0.29) is 0 Å². The Labute approximate surface area is 114 Å². The third kappa shape index (κ3) is 3.77. The van der Waals surface area contributed by atoms with E-state index in [0.717, 1.165) is 32.4 Å². The Morgan fingerprint density at radius 1 is 1.50 bits per heavy atom. The highest BCUT2D eigenvalue weighted by Crippen LogP contribution is 2.29. The summed E-state index contributed by atoms with van der Waals surface area (Å²) in [5, 5.41) is 12.4. The van der Waals surface area contributed by atoms with Crippen LogP contribution in [0.5, 0.6) is 0 Å². The summed E-state index contributed by atoms with van der Waals surface area (Å²) >= 11 is 1.83. The second kappa shape index (κ2) is 7.22. The fourth-order valence-electron chi connectivity index (χ4n) is 2.58. The van der Waals surface area contributed by atoms with Crippen molar-refractivity contribution in [2.75, 3.05) is 26.2 Å². The maximum absolute atomic E-state index is 8.83. The number of aromatic nitrogens is 1. The van der Waals surface area contributed by atoms with E-state index in [0.29, 0.717) is 12.5 Å². The molecule has 1 aromatic rings. The van der Waals surface area contributed by atoms with Crippen LogP contribution in [0.2, 0.25) is 0 Å². The first-order valence-electron chi connectivity index (χ1n) is 7.11. The van der Waals surface area contributed by atoms with E-state index in [1.54, 1.807) is 0 Å². The van der Waals surface area contributed by atoms with Crippen LogP contribution in [-0.2, 0) is 6.42 Å². The SMILES string of the molecule is CCc1csc(C2CCCN(CCCCO)C2)n1. The Kier molecular flexibility index (Phi) is 5.60. The predicted octanol–water partition coefficient (Wildman–Crippen LogP) is 2.66. The zero-order chi connectivity index (χ0) is 12.8. The molecule has 3 nitrogen and oxygen atoms in total. The molecule has 1 N–H and O–H groups in total. The minimum atomic E-state index is 0.323. The van der Waals surface area contributed by atoms with Gasteiger partial charge < -0.3 is 10.0 Å². The Morgan fingerprint density at radius 2 is 2.39 bits per heavy atom. The average molecular weight is 268 g/mol. The number of aliphatic hydroxyl groups excluding tert-OH is 1. The third-order valence-corrected chi connectivity index (χ3v) is 4.72. The van der Waals surface area contributed by atoms with Gasteiger partial charge in [-0.1, -0.05) is 6.92 Å². The van der Waals surface area contributed by atoms with Gasteiger partial charge in [-0.3, -0.25) is 0 Å². The zero-order valence-electron chi connectivity index (χ0n) is 11.3. The van der Waals surface area contributed by atoms with E-state index in [9.17, 15) is 0 Å². The van der Waals surface area contributed by atoms with Crippen molar-refractivity contribution in [1.82, 2.24) is 9.88 Å². The summed E-state index contributed by atoms with van der Waals surface area (Å²) in [6, 6.07) is 0. The van der Waals surface area contributed by atoms with Crippen LogP contribution < -0.4 is 0 Å². The van der Waals surface area contributed by atoms with E-state index in [4.69, 9.17) is 10.1 Å². The lowest BCUT2D eigenvalue weighted by atomic mass is 9.98. The highest BCUT2D eigenvalue weighted by Gasteiger charge is 2.23. The van der Waals surface area contributed by atoms with Gasteiger partial charge >= 0.3 is 0 Å². The second-order valence-electron chi connectivity index (χ2n) is 5.10. The largest absolute Gasteiger partial charge is 0.396 e. The smallest absolute Gasteiger partial charge is 0.0972 e. The number of rotatable bonds is 6. The molecule has 2 rings (SSSR count). The van der Waals surface area contributed by atoms with Gasteiger partial charge in [-0.05, 0) is 45.2 Å². The maximum atomic E-state index is 8.83. The summed E-state index contributed by atoms with van der Waals surface area (Å²) in [7, 11) is 0. The van der Waals surface area contributed by atoms with Crippen LogP contribution >= 0.6 is 11.3 Å². The topological polar surface area (TPSA) is 36.4 Å². The van der Waals surface area contributed by atoms with E-state index < -0.39 is 0 Å². The van der Waals surface area contributed by atoms with Gasteiger partial charge in [0.1, 0.15) is 0 Å². The first kappa shape index (κ1) is 14.0. The lowest BCUT2D eigenvalue weighted by molar-refractivity contribution is 0.195. The molecule has 102 valence electrons. The number of aryl methyl sites for hydroxylation is 1. The molecule has 0 aliphatic carbocycles. The van der Waals surface area contributed by atoms with E-state index in [1.165, 1.54) is 30.1 Å². The van der Waals surface area contributed by atoms with Gasteiger partial charge in [-0.15, -0.1) is 11.3 Å². The number of hydrogen-bond acceptors (Lipinski definition) is 4. The molecule has 4 heteroatoms. The summed E-state index contributed by atoms with van der Waals surface area (Å²) in [4.78, 5) is 7.27. The normalized spacial score (nSPS) is 21.3. The fourth-order valence-corrected chi connectivity index (χ4v) is 3.61. The number of likely N-dealkylation sites (tertiary alicyclic amines) is 1. The Morgan fingerprint density at radius 3 is 3.11 bits per heavy atom. The van der Waals surface area contributed by atoms with Crippen molar-refractivity contribution in [2.45, 2.75) is 44.9 Å². The number of unbranched alkanes of at least 4 members (excludes halogenated alkanes) is 1. The maximum Gasteiger partial charge on any atom is 0.0972 e. The quantitative estimate of drug-likeness (QED) is 0.806. The Balaban J connectivity index is 1.85. The molecule has 0 saturated carbocycles. The molecule has 1 aliphatic rings.